The molecule has 0 aliphatic carbocycles. The maximum atomic E-state index is 5.04. The molecule has 0 aliphatic rings. The van der Waals surface area contributed by atoms with Crippen molar-refractivity contribution in [3.63, 3.8) is 0 Å². The van der Waals surface area contributed by atoms with Crippen LogP contribution in [0.1, 0.15) is 59.3 Å². The Morgan fingerprint density at radius 3 is 1.92 bits per heavy atom. The molecular weight excluding hydrogens is 450 g/mol. The number of anilines is 3. The predicted molar refractivity (Wildman–Crippen MR) is 147 cm³/mol. The molecule has 0 spiro atoms. The van der Waals surface area contributed by atoms with Crippen LogP contribution in [0, 0.1) is 0 Å². The van der Waals surface area contributed by atoms with Crippen molar-refractivity contribution in [2.45, 2.75) is 59.3 Å². The van der Waals surface area contributed by atoms with E-state index in [2.05, 4.69) is 64.9 Å². The lowest BCUT2D eigenvalue weighted by atomic mass is 10.1. The van der Waals surface area contributed by atoms with Crippen molar-refractivity contribution in [1.29, 1.82) is 0 Å². The summed E-state index contributed by atoms with van der Waals surface area (Å²) in [6, 6.07) is 10.0. The van der Waals surface area contributed by atoms with Crippen LogP contribution in [-0.2, 0) is 0 Å². The summed E-state index contributed by atoms with van der Waals surface area (Å²) in [5, 5.41) is 15.2. The molecule has 9 nitrogen and oxygen atoms in total. The SMILES string of the molecule is CCCCNc1nccc(-c2nn3c(NCCCC)cccc3c2-c2ccnc(NCCCC)n2)n1. The maximum absolute atomic E-state index is 5.04. The maximum Gasteiger partial charge on any atom is 0.223 e. The molecule has 36 heavy (non-hydrogen) atoms. The van der Waals surface area contributed by atoms with Crippen LogP contribution in [0.2, 0.25) is 0 Å². The van der Waals surface area contributed by atoms with Crippen LogP contribution in [0.5, 0.6) is 0 Å². The largest absolute Gasteiger partial charge is 0.370 e. The molecule has 4 heterocycles. The third-order valence-electron chi connectivity index (χ3n) is 5.93. The van der Waals surface area contributed by atoms with Crippen LogP contribution in [0.3, 0.4) is 0 Å². The zero-order chi connectivity index (χ0) is 25.2. The minimum absolute atomic E-state index is 0.606. The molecule has 3 N–H and O–H groups in total. The Morgan fingerprint density at radius 1 is 0.694 bits per heavy atom. The Labute approximate surface area is 213 Å². The molecule has 0 saturated carbocycles. The zero-order valence-electron chi connectivity index (χ0n) is 21.6. The second-order valence-corrected chi connectivity index (χ2v) is 8.80. The Hall–Kier alpha value is -3.75. The summed E-state index contributed by atoms with van der Waals surface area (Å²) >= 11 is 0. The topological polar surface area (TPSA) is 105 Å². The van der Waals surface area contributed by atoms with Gasteiger partial charge in [0.1, 0.15) is 11.5 Å². The highest BCUT2D eigenvalue weighted by atomic mass is 15.3. The number of nitrogens with one attached hydrogen (secondary N) is 3. The van der Waals surface area contributed by atoms with Gasteiger partial charge in [0.05, 0.1) is 22.5 Å². The second-order valence-electron chi connectivity index (χ2n) is 8.80. The molecule has 0 aliphatic heterocycles. The number of nitrogens with zero attached hydrogens (tertiary/aromatic N) is 6. The highest BCUT2D eigenvalue weighted by Gasteiger charge is 2.21. The van der Waals surface area contributed by atoms with E-state index in [-0.39, 0.29) is 0 Å². The van der Waals surface area contributed by atoms with Gasteiger partial charge in [-0.2, -0.15) is 5.10 Å². The van der Waals surface area contributed by atoms with Gasteiger partial charge in [-0.1, -0.05) is 46.1 Å². The number of fused-ring (bicyclic) bond motifs is 1. The van der Waals surface area contributed by atoms with Crippen molar-refractivity contribution < 1.29 is 0 Å². The molecule has 0 saturated heterocycles. The van der Waals surface area contributed by atoms with Gasteiger partial charge in [-0.25, -0.2) is 24.5 Å². The predicted octanol–water partition coefficient (Wildman–Crippen LogP) is 5.88. The minimum Gasteiger partial charge on any atom is -0.370 e. The molecule has 0 radical (unpaired) electrons. The van der Waals surface area contributed by atoms with E-state index in [1.54, 1.807) is 12.4 Å². The Morgan fingerprint density at radius 2 is 1.28 bits per heavy atom. The lowest BCUT2D eigenvalue weighted by molar-refractivity contribution is 0.822. The number of pyridine rings is 1. The van der Waals surface area contributed by atoms with Crippen molar-refractivity contribution in [3.8, 4) is 22.6 Å². The van der Waals surface area contributed by atoms with Crippen LogP contribution < -0.4 is 16.0 Å². The third-order valence-corrected chi connectivity index (χ3v) is 5.93. The summed E-state index contributed by atoms with van der Waals surface area (Å²) in [6.45, 7) is 9.09. The number of rotatable bonds is 14. The quantitative estimate of drug-likeness (QED) is 0.189. The van der Waals surface area contributed by atoms with Crippen LogP contribution in [0.4, 0.5) is 17.7 Å². The van der Waals surface area contributed by atoms with E-state index in [1.165, 1.54) is 0 Å². The Bertz CT molecular complexity index is 1250. The molecule has 0 unspecified atom stereocenters. The van der Waals surface area contributed by atoms with Gasteiger partial charge in [0, 0.05) is 32.0 Å². The first kappa shape index (κ1) is 25.3. The van der Waals surface area contributed by atoms with Gasteiger partial charge < -0.3 is 16.0 Å². The van der Waals surface area contributed by atoms with Crippen molar-refractivity contribution in [3.05, 3.63) is 42.7 Å². The summed E-state index contributed by atoms with van der Waals surface area (Å²) in [6.07, 6.45) is 10.1. The standard InChI is InChI=1S/C27H37N9/c1-4-7-15-28-23-12-10-11-22-24(20-13-18-31-26(33-20)29-16-8-5-2)25(35-36(22)23)21-14-19-32-27(34-21)30-17-9-6-3/h10-14,18-19,28H,4-9,15-17H2,1-3H3,(H,29,31,33)(H,30,32,34). The molecule has 0 aromatic carbocycles. The highest BCUT2D eigenvalue weighted by Crippen LogP contribution is 2.35. The minimum atomic E-state index is 0.606. The number of unbranched alkanes of at least 4 members (excludes halogenated alkanes) is 3. The molecule has 4 aromatic heterocycles. The summed E-state index contributed by atoms with van der Waals surface area (Å²) in [4.78, 5) is 18.5. The molecule has 0 amide bonds. The molecule has 0 fully saturated rings. The van der Waals surface area contributed by atoms with Gasteiger partial charge >= 0.3 is 0 Å². The molecule has 190 valence electrons. The number of hydrogen-bond donors (Lipinski definition) is 3. The summed E-state index contributed by atoms with van der Waals surface area (Å²) in [5.41, 5.74) is 4.20. The molecular formula is C27H37N9. The van der Waals surface area contributed by atoms with Gasteiger partial charge in [-0.05, 0) is 43.5 Å². The van der Waals surface area contributed by atoms with Crippen molar-refractivity contribution in [2.24, 2.45) is 0 Å². The highest BCUT2D eigenvalue weighted by molar-refractivity contribution is 5.91. The molecule has 9 heteroatoms. The number of aromatic nitrogens is 6. The van der Waals surface area contributed by atoms with E-state index in [1.807, 2.05) is 16.6 Å². The lowest BCUT2D eigenvalue weighted by Gasteiger charge is -2.09. The van der Waals surface area contributed by atoms with Crippen LogP contribution in [0.25, 0.3) is 28.2 Å². The molecule has 4 rings (SSSR count). The average Bonchev–Trinajstić information content (AvgIpc) is 3.30. The molecule has 0 bridgehead atoms. The van der Waals surface area contributed by atoms with Crippen molar-refractivity contribution in [1.82, 2.24) is 29.5 Å². The fraction of sp³-hybridized carbons (Fsp3) is 0.444. The average molecular weight is 488 g/mol. The molecule has 4 aromatic rings. The molecule has 0 atom stereocenters. The normalized spacial score (nSPS) is 11.1. The van der Waals surface area contributed by atoms with E-state index in [0.29, 0.717) is 11.9 Å². The monoisotopic (exact) mass is 487 g/mol. The smallest absolute Gasteiger partial charge is 0.223 e. The summed E-state index contributed by atoms with van der Waals surface area (Å²) in [7, 11) is 0. The van der Waals surface area contributed by atoms with E-state index in [4.69, 9.17) is 15.1 Å². The lowest BCUT2D eigenvalue weighted by Crippen LogP contribution is -2.06. The van der Waals surface area contributed by atoms with Gasteiger partial charge in [0.25, 0.3) is 0 Å². The third kappa shape index (κ3) is 6.08. The zero-order valence-corrected chi connectivity index (χ0v) is 21.6. The summed E-state index contributed by atoms with van der Waals surface area (Å²) in [5.74, 6) is 2.17. The van der Waals surface area contributed by atoms with Gasteiger partial charge in [-0.3, -0.25) is 0 Å². The number of hydrogen-bond acceptors (Lipinski definition) is 8. The first-order chi connectivity index (χ1) is 17.7. The van der Waals surface area contributed by atoms with E-state index >= 15 is 0 Å². The first-order valence-electron chi connectivity index (χ1n) is 13.1. The first-order valence-corrected chi connectivity index (χ1v) is 13.1. The fourth-order valence-electron chi connectivity index (χ4n) is 3.94. The summed E-state index contributed by atoms with van der Waals surface area (Å²) < 4.78 is 1.96. The van der Waals surface area contributed by atoms with Crippen LogP contribution in [-0.4, -0.2) is 49.2 Å². The van der Waals surface area contributed by atoms with E-state index in [0.717, 1.165) is 92.1 Å². The van der Waals surface area contributed by atoms with E-state index in [9.17, 15) is 0 Å². The van der Waals surface area contributed by atoms with E-state index < -0.39 is 0 Å². The Kier molecular flexibility index (Phi) is 9.02. The van der Waals surface area contributed by atoms with Crippen molar-refractivity contribution >= 4 is 23.2 Å². The van der Waals surface area contributed by atoms with Crippen LogP contribution in [0.15, 0.2) is 42.7 Å². The van der Waals surface area contributed by atoms with Gasteiger partial charge in [-0.15, -0.1) is 0 Å². The van der Waals surface area contributed by atoms with Crippen LogP contribution >= 0.6 is 0 Å². The van der Waals surface area contributed by atoms with Crippen molar-refractivity contribution in [2.75, 3.05) is 35.6 Å². The van der Waals surface area contributed by atoms with Gasteiger partial charge in [0.15, 0.2) is 0 Å². The Balaban J connectivity index is 1.80. The second kappa shape index (κ2) is 12.8. The van der Waals surface area contributed by atoms with Gasteiger partial charge in [0.2, 0.25) is 11.9 Å². The fourth-order valence-corrected chi connectivity index (χ4v) is 3.94.